The number of urea groups is 1. The van der Waals surface area contributed by atoms with E-state index in [1.54, 1.807) is 13.1 Å². The van der Waals surface area contributed by atoms with Gasteiger partial charge in [-0.25, -0.2) is 4.79 Å². The predicted octanol–water partition coefficient (Wildman–Crippen LogP) is 3.95. The molecule has 156 valence electrons. The number of piperidine rings is 1. The van der Waals surface area contributed by atoms with E-state index in [1.807, 2.05) is 42.5 Å². The van der Waals surface area contributed by atoms with E-state index in [1.165, 1.54) is 24.9 Å². The molecule has 1 N–H and O–H groups in total. The fourth-order valence-electron chi connectivity index (χ4n) is 4.03. The van der Waals surface area contributed by atoms with Crippen molar-refractivity contribution in [2.75, 3.05) is 18.0 Å². The predicted molar refractivity (Wildman–Crippen MR) is 119 cm³/mol. The first-order chi connectivity index (χ1) is 14.5. The monoisotopic (exact) mass is 404 g/mol. The molecule has 0 spiro atoms. The maximum absolute atomic E-state index is 12.9. The van der Waals surface area contributed by atoms with Gasteiger partial charge in [-0.05, 0) is 62.3 Å². The van der Waals surface area contributed by atoms with Crippen molar-refractivity contribution < 1.29 is 9.59 Å². The largest absolute Gasteiger partial charge is 0.372 e. The van der Waals surface area contributed by atoms with E-state index >= 15 is 0 Å². The Hall–Kier alpha value is -3.15. The highest BCUT2D eigenvalue weighted by Crippen LogP contribution is 2.24. The lowest BCUT2D eigenvalue weighted by Crippen LogP contribution is -2.44. The summed E-state index contributed by atoms with van der Waals surface area (Å²) in [5.74, 6) is -0.315. The van der Waals surface area contributed by atoms with Crippen molar-refractivity contribution in [3.05, 3.63) is 65.7 Å². The van der Waals surface area contributed by atoms with Crippen LogP contribution in [0.1, 0.15) is 43.7 Å². The number of nitrogens with one attached hydrogen (secondary N) is 1. The van der Waals surface area contributed by atoms with Gasteiger partial charge in [0.2, 0.25) is 0 Å². The number of imide groups is 1. The van der Waals surface area contributed by atoms with Crippen LogP contribution in [0.2, 0.25) is 0 Å². The number of hydrazone groups is 1. The molecule has 0 aromatic heterocycles. The summed E-state index contributed by atoms with van der Waals surface area (Å²) >= 11 is 0. The molecule has 2 fully saturated rings. The van der Waals surface area contributed by atoms with Gasteiger partial charge in [0.05, 0.1) is 6.21 Å². The summed E-state index contributed by atoms with van der Waals surface area (Å²) < 4.78 is 0. The Labute approximate surface area is 177 Å². The molecule has 0 unspecified atom stereocenters. The van der Waals surface area contributed by atoms with Crippen LogP contribution >= 0.6 is 0 Å². The van der Waals surface area contributed by atoms with Crippen LogP contribution in [0.15, 0.2) is 59.7 Å². The Morgan fingerprint density at radius 2 is 1.70 bits per heavy atom. The highest BCUT2D eigenvalue weighted by molar-refractivity contribution is 6.07. The fraction of sp³-hybridized carbons (Fsp3) is 0.375. The van der Waals surface area contributed by atoms with Crippen molar-refractivity contribution in [3.8, 4) is 0 Å². The molecule has 3 amide bonds. The molecule has 0 aliphatic carbocycles. The van der Waals surface area contributed by atoms with E-state index < -0.39 is 11.6 Å². The molecule has 0 saturated carbocycles. The average molecular weight is 405 g/mol. The van der Waals surface area contributed by atoms with Crippen molar-refractivity contribution in [3.63, 3.8) is 0 Å². The maximum Gasteiger partial charge on any atom is 0.346 e. The fourth-order valence-corrected chi connectivity index (χ4v) is 4.03. The molecule has 30 heavy (non-hydrogen) atoms. The van der Waals surface area contributed by atoms with Gasteiger partial charge >= 0.3 is 6.03 Å². The van der Waals surface area contributed by atoms with Gasteiger partial charge < -0.3 is 10.2 Å². The maximum atomic E-state index is 12.9. The molecule has 2 heterocycles. The second-order valence-electron chi connectivity index (χ2n) is 8.25. The summed E-state index contributed by atoms with van der Waals surface area (Å²) in [5.41, 5.74) is 2.25. The smallest absolute Gasteiger partial charge is 0.346 e. The highest BCUT2D eigenvalue weighted by Gasteiger charge is 2.47. The first-order valence-corrected chi connectivity index (χ1v) is 10.6. The van der Waals surface area contributed by atoms with Gasteiger partial charge in [-0.1, -0.05) is 42.5 Å². The molecule has 6 nitrogen and oxygen atoms in total. The molecule has 2 aromatic rings. The lowest BCUT2D eigenvalue weighted by Gasteiger charge is -2.28. The number of amides is 3. The topological polar surface area (TPSA) is 65.0 Å². The van der Waals surface area contributed by atoms with Crippen LogP contribution in [0.4, 0.5) is 10.5 Å². The summed E-state index contributed by atoms with van der Waals surface area (Å²) in [6.07, 6.45) is 6.58. The number of carbonyl (C=O) groups is 2. The van der Waals surface area contributed by atoms with Gasteiger partial charge in [-0.3, -0.25) is 4.79 Å². The Morgan fingerprint density at radius 1 is 1.00 bits per heavy atom. The Bertz CT molecular complexity index is 920. The first-order valence-electron chi connectivity index (χ1n) is 10.6. The van der Waals surface area contributed by atoms with Gasteiger partial charge in [0, 0.05) is 18.8 Å². The molecular formula is C24H28N4O2. The summed E-state index contributed by atoms with van der Waals surface area (Å²) in [6, 6.07) is 17.6. The van der Waals surface area contributed by atoms with E-state index in [4.69, 9.17) is 0 Å². The van der Waals surface area contributed by atoms with Crippen LogP contribution in [-0.2, 0) is 11.2 Å². The van der Waals surface area contributed by atoms with Crippen LogP contribution in [0.3, 0.4) is 0 Å². The summed E-state index contributed by atoms with van der Waals surface area (Å²) in [7, 11) is 0. The van der Waals surface area contributed by atoms with E-state index in [9.17, 15) is 9.59 Å². The van der Waals surface area contributed by atoms with E-state index in [0.29, 0.717) is 12.8 Å². The number of hydrogen-bond acceptors (Lipinski definition) is 4. The number of carbonyl (C=O) groups excluding carboxylic acids is 2. The Balaban J connectivity index is 1.39. The quantitative estimate of drug-likeness (QED) is 0.586. The lowest BCUT2D eigenvalue weighted by atomic mass is 9.93. The first kappa shape index (κ1) is 20.1. The van der Waals surface area contributed by atoms with Crippen LogP contribution in [0.25, 0.3) is 0 Å². The third kappa shape index (κ3) is 4.37. The van der Waals surface area contributed by atoms with E-state index in [0.717, 1.165) is 29.2 Å². The van der Waals surface area contributed by atoms with Crippen LogP contribution in [0.5, 0.6) is 0 Å². The number of anilines is 1. The minimum atomic E-state index is -0.942. The van der Waals surface area contributed by atoms with Crippen LogP contribution in [-0.4, -0.2) is 41.8 Å². The van der Waals surface area contributed by atoms with Crippen molar-refractivity contribution in [1.82, 2.24) is 10.3 Å². The zero-order valence-electron chi connectivity index (χ0n) is 17.4. The number of aryl methyl sites for hydroxylation is 1. The van der Waals surface area contributed by atoms with Gasteiger partial charge in [0.1, 0.15) is 5.54 Å². The lowest BCUT2D eigenvalue weighted by molar-refractivity contribution is -0.130. The van der Waals surface area contributed by atoms with Gasteiger partial charge in [0.15, 0.2) is 0 Å². The minimum Gasteiger partial charge on any atom is -0.372 e. The van der Waals surface area contributed by atoms with Gasteiger partial charge in [-0.2, -0.15) is 5.10 Å². The molecule has 4 rings (SSSR count). The van der Waals surface area contributed by atoms with Gasteiger partial charge in [-0.15, -0.1) is 5.01 Å². The summed E-state index contributed by atoms with van der Waals surface area (Å²) in [4.78, 5) is 27.6. The number of nitrogens with zero attached hydrogens (tertiary/aromatic N) is 3. The van der Waals surface area contributed by atoms with Crippen molar-refractivity contribution in [1.29, 1.82) is 0 Å². The molecule has 2 aliphatic rings. The molecule has 6 heteroatoms. The van der Waals surface area contributed by atoms with E-state index in [2.05, 4.69) is 27.5 Å². The van der Waals surface area contributed by atoms with Crippen molar-refractivity contribution >= 4 is 23.8 Å². The SMILES string of the molecule is C[C@@]1(CCc2ccccc2)NC(=O)N(/N=C\c2ccc(N3CCCCC3)cc2)C1=O. The number of benzene rings is 2. The normalized spacial score (nSPS) is 22.0. The second-order valence-corrected chi connectivity index (χ2v) is 8.25. The Kier molecular flexibility index (Phi) is 5.84. The summed E-state index contributed by atoms with van der Waals surface area (Å²) in [6.45, 7) is 3.95. The molecule has 1 atom stereocenters. The molecule has 2 aliphatic heterocycles. The standard InChI is InChI=1S/C24H28N4O2/c1-24(15-14-19-8-4-2-5-9-19)22(29)28(23(30)26-24)25-18-20-10-12-21(13-11-20)27-16-6-3-7-17-27/h2,4-5,8-13,18H,3,6-7,14-17H2,1H3,(H,26,30)/b25-18-/t24-/m0/s1. The zero-order valence-corrected chi connectivity index (χ0v) is 17.4. The molecule has 2 aromatic carbocycles. The molecular weight excluding hydrogens is 376 g/mol. The third-order valence-electron chi connectivity index (χ3n) is 5.93. The molecule has 0 radical (unpaired) electrons. The van der Waals surface area contributed by atoms with Crippen molar-refractivity contribution in [2.24, 2.45) is 5.10 Å². The molecule has 0 bridgehead atoms. The van der Waals surface area contributed by atoms with E-state index in [-0.39, 0.29) is 5.91 Å². The van der Waals surface area contributed by atoms with Crippen LogP contribution < -0.4 is 10.2 Å². The second kappa shape index (κ2) is 8.69. The van der Waals surface area contributed by atoms with Crippen molar-refractivity contribution in [2.45, 2.75) is 44.6 Å². The van der Waals surface area contributed by atoms with Gasteiger partial charge in [0.25, 0.3) is 5.91 Å². The zero-order chi connectivity index (χ0) is 21.0. The molecule has 2 saturated heterocycles. The van der Waals surface area contributed by atoms with Crippen LogP contribution in [0, 0.1) is 0 Å². The Morgan fingerprint density at radius 3 is 2.40 bits per heavy atom. The minimum absolute atomic E-state index is 0.315. The number of rotatable bonds is 6. The summed E-state index contributed by atoms with van der Waals surface area (Å²) in [5, 5.41) is 7.93. The highest BCUT2D eigenvalue weighted by atomic mass is 16.2. The third-order valence-corrected chi connectivity index (χ3v) is 5.93. The average Bonchev–Trinajstić information content (AvgIpc) is 3.01. The number of hydrogen-bond donors (Lipinski definition) is 1.